The Morgan fingerprint density at radius 1 is 1.05 bits per heavy atom. The molecule has 4 nitrogen and oxygen atoms in total. The van der Waals surface area contributed by atoms with Gasteiger partial charge in [0.2, 0.25) is 0 Å². The Kier molecular flexibility index (Phi) is 5.10. The lowest BCUT2D eigenvalue weighted by Crippen LogP contribution is -2.30. The van der Waals surface area contributed by atoms with Gasteiger partial charge in [0.05, 0.1) is 0 Å². The lowest BCUT2D eigenvalue weighted by atomic mass is 10.1. The van der Waals surface area contributed by atoms with Gasteiger partial charge < -0.3 is 4.74 Å². The number of hydrogen-bond acceptors (Lipinski definition) is 3. The number of nitrogens with one attached hydrogen (secondary N) is 2. The Bertz CT molecular complexity index is 606. The molecule has 0 spiro atoms. The standard InChI is InChI=1S/C17H18N2O2/c1-2-13-8-10-15(11-9-13)16(18)19-17(20)21-12-14-6-4-3-5-7-14/h3-11H,2,12H2,1H3,(H2,18,19,20). The number of ether oxygens (including phenoxy) is 1. The van der Waals surface area contributed by atoms with Crippen LogP contribution in [0, 0.1) is 5.41 Å². The maximum Gasteiger partial charge on any atom is 0.413 e. The molecule has 0 atom stereocenters. The Balaban J connectivity index is 1.85. The Hall–Kier alpha value is -2.62. The summed E-state index contributed by atoms with van der Waals surface area (Å²) in [6.07, 6.45) is 0.323. The molecule has 2 aromatic carbocycles. The third-order valence-electron chi connectivity index (χ3n) is 3.09. The van der Waals surface area contributed by atoms with E-state index in [0.29, 0.717) is 5.56 Å². The molecule has 0 aliphatic heterocycles. The average Bonchev–Trinajstić information content (AvgIpc) is 2.54. The Morgan fingerprint density at radius 2 is 1.71 bits per heavy atom. The number of benzene rings is 2. The predicted molar refractivity (Wildman–Crippen MR) is 82.4 cm³/mol. The van der Waals surface area contributed by atoms with E-state index in [-0.39, 0.29) is 12.4 Å². The van der Waals surface area contributed by atoms with Crippen molar-refractivity contribution in [2.75, 3.05) is 0 Å². The van der Waals surface area contributed by atoms with Crippen LogP contribution < -0.4 is 5.32 Å². The number of carbonyl (C=O) groups is 1. The van der Waals surface area contributed by atoms with Crippen LogP contribution in [0.25, 0.3) is 0 Å². The maximum atomic E-state index is 11.6. The smallest absolute Gasteiger partial charge is 0.413 e. The Labute approximate surface area is 124 Å². The van der Waals surface area contributed by atoms with Gasteiger partial charge in [0.1, 0.15) is 12.4 Å². The number of amidine groups is 1. The van der Waals surface area contributed by atoms with E-state index in [1.165, 1.54) is 5.56 Å². The second-order valence-electron chi connectivity index (χ2n) is 4.61. The minimum absolute atomic E-state index is 0.0377. The summed E-state index contributed by atoms with van der Waals surface area (Å²) in [6, 6.07) is 16.9. The number of rotatable bonds is 4. The third-order valence-corrected chi connectivity index (χ3v) is 3.09. The average molecular weight is 282 g/mol. The molecule has 0 saturated heterocycles. The Morgan fingerprint density at radius 3 is 2.33 bits per heavy atom. The molecule has 0 aliphatic carbocycles. The van der Waals surface area contributed by atoms with E-state index in [2.05, 4.69) is 12.2 Å². The molecule has 2 aromatic rings. The first-order valence-electron chi connectivity index (χ1n) is 6.84. The van der Waals surface area contributed by atoms with E-state index in [9.17, 15) is 4.79 Å². The summed E-state index contributed by atoms with van der Waals surface area (Å²) in [5.74, 6) is 0.0377. The SMILES string of the molecule is CCc1ccc(C(=N)NC(=O)OCc2ccccc2)cc1. The molecule has 108 valence electrons. The summed E-state index contributed by atoms with van der Waals surface area (Å²) in [5.41, 5.74) is 2.76. The second-order valence-corrected chi connectivity index (χ2v) is 4.61. The van der Waals surface area contributed by atoms with Crippen LogP contribution in [-0.4, -0.2) is 11.9 Å². The molecular formula is C17H18N2O2. The summed E-state index contributed by atoms with van der Waals surface area (Å²) in [7, 11) is 0. The minimum Gasteiger partial charge on any atom is -0.444 e. The van der Waals surface area contributed by atoms with Crippen molar-refractivity contribution in [2.45, 2.75) is 20.0 Å². The van der Waals surface area contributed by atoms with Crippen molar-refractivity contribution in [1.82, 2.24) is 5.32 Å². The fourth-order valence-corrected chi connectivity index (χ4v) is 1.84. The second kappa shape index (κ2) is 7.24. The van der Waals surface area contributed by atoms with Crippen LogP contribution in [0.1, 0.15) is 23.6 Å². The van der Waals surface area contributed by atoms with E-state index < -0.39 is 6.09 Å². The van der Waals surface area contributed by atoms with Gasteiger partial charge >= 0.3 is 6.09 Å². The largest absolute Gasteiger partial charge is 0.444 e. The molecule has 4 heteroatoms. The van der Waals surface area contributed by atoms with Crippen LogP contribution in [0.5, 0.6) is 0 Å². The highest BCUT2D eigenvalue weighted by molar-refractivity contribution is 6.04. The first-order chi connectivity index (χ1) is 10.2. The molecule has 0 saturated carbocycles. The summed E-state index contributed by atoms with van der Waals surface area (Å²) < 4.78 is 5.07. The first-order valence-corrected chi connectivity index (χ1v) is 6.84. The fraction of sp³-hybridized carbons (Fsp3) is 0.176. The van der Waals surface area contributed by atoms with Crippen molar-refractivity contribution in [1.29, 1.82) is 5.41 Å². The topological polar surface area (TPSA) is 62.2 Å². The summed E-state index contributed by atoms with van der Waals surface area (Å²) >= 11 is 0. The summed E-state index contributed by atoms with van der Waals surface area (Å²) in [6.45, 7) is 2.26. The zero-order valence-electron chi connectivity index (χ0n) is 11.9. The number of amides is 1. The van der Waals surface area contributed by atoms with Crippen LogP contribution >= 0.6 is 0 Å². The lowest BCUT2D eigenvalue weighted by molar-refractivity contribution is 0.145. The molecule has 2 rings (SSSR count). The van der Waals surface area contributed by atoms with Crippen LogP contribution in [0.2, 0.25) is 0 Å². The highest BCUT2D eigenvalue weighted by Gasteiger charge is 2.08. The predicted octanol–water partition coefficient (Wildman–Crippen LogP) is 3.50. The van der Waals surface area contributed by atoms with Crippen LogP contribution in [0.3, 0.4) is 0 Å². The van der Waals surface area contributed by atoms with Gasteiger partial charge in [0, 0.05) is 5.56 Å². The molecule has 0 unspecified atom stereocenters. The maximum absolute atomic E-state index is 11.6. The first kappa shape index (κ1) is 14.8. The van der Waals surface area contributed by atoms with Crippen LogP contribution in [0.4, 0.5) is 4.79 Å². The number of carbonyl (C=O) groups excluding carboxylic acids is 1. The molecule has 0 bridgehead atoms. The van der Waals surface area contributed by atoms with Gasteiger partial charge in [-0.15, -0.1) is 0 Å². The van der Waals surface area contributed by atoms with E-state index in [4.69, 9.17) is 10.1 Å². The highest BCUT2D eigenvalue weighted by Crippen LogP contribution is 2.05. The van der Waals surface area contributed by atoms with Gasteiger partial charge in [0.25, 0.3) is 0 Å². The molecule has 2 N–H and O–H groups in total. The van der Waals surface area contributed by atoms with Crippen molar-refractivity contribution in [3.05, 3.63) is 71.3 Å². The molecule has 21 heavy (non-hydrogen) atoms. The van der Waals surface area contributed by atoms with E-state index in [0.717, 1.165) is 12.0 Å². The normalized spacial score (nSPS) is 9.95. The van der Waals surface area contributed by atoms with E-state index in [1.54, 1.807) is 0 Å². The fourth-order valence-electron chi connectivity index (χ4n) is 1.84. The molecule has 0 aliphatic rings. The quantitative estimate of drug-likeness (QED) is 0.666. The van der Waals surface area contributed by atoms with Crippen molar-refractivity contribution >= 4 is 11.9 Å². The molecule has 1 amide bonds. The van der Waals surface area contributed by atoms with E-state index in [1.807, 2.05) is 54.6 Å². The van der Waals surface area contributed by atoms with Gasteiger partial charge in [-0.25, -0.2) is 4.79 Å². The lowest BCUT2D eigenvalue weighted by Gasteiger charge is -2.08. The monoisotopic (exact) mass is 282 g/mol. The molecule has 0 radical (unpaired) electrons. The molecule has 0 heterocycles. The molecule has 0 fully saturated rings. The minimum atomic E-state index is -0.622. The van der Waals surface area contributed by atoms with E-state index >= 15 is 0 Å². The van der Waals surface area contributed by atoms with Gasteiger partial charge in [-0.05, 0) is 17.5 Å². The number of hydrogen-bond donors (Lipinski definition) is 2. The molecule has 0 aromatic heterocycles. The van der Waals surface area contributed by atoms with Gasteiger partial charge in [-0.3, -0.25) is 10.7 Å². The summed E-state index contributed by atoms with van der Waals surface area (Å²) in [4.78, 5) is 11.6. The highest BCUT2D eigenvalue weighted by atomic mass is 16.5. The number of aryl methyl sites for hydroxylation is 1. The van der Waals surface area contributed by atoms with Crippen molar-refractivity contribution < 1.29 is 9.53 Å². The van der Waals surface area contributed by atoms with Gasteiger partial charge in [-0.2, -0.15) is 0 Å². The van der Waals surface area contributed by atoms with Crippen LogP contribution in [-0.2, 0) is 17.8 Å². The zero-order chi connectivity index (χ0) is 15.1. The number of alkyl carbamates (subject to hydrolysis) is 1. The van der Waals surface area contributed by atoms with Gasteiger partial charge in [0.15, 0.2) is 0 Å². The third kappa shape index (κ3) is 4.45. The van der Waals surface area contributed by atoms with Gasteiger partial charge in [-0.1, -0.05) is 61.5 Å². The summed E-state index contributed by atoms with van der Waals surface area (Å²) in [5, 5.41) is 10.3. The van der Waals surface area contributed by atoms with Crippen LogP contribution in [0.15, 0.2) is 54.6 Å². The molecular weight excluding hydrogens is 264 g/mol. The van der Waals surface area contributed by atoms with Crippen molar-refractivity contribution in [2.24, 2.45) is 0 Å². The zero-order valence-corrected chi connectivity index (χ0v) is 11.9. The van der Waals surface area contributed by atoms with Crippen molar-refractivity contribution in [3.8, 4) is 0 Å². The van der Waals surface area contributed by atoms with Crippen molar-refractivity contribution in [3.63, 3.8) is 0 Å².